The van der Waals surface area contributed by atoms with Crippen LogP contribution >= 0.6 is 0 Å². The van der Waals surface area contributed by atoms with Gasteiger partial charge in [-0.15, -0.1) is 0 Å². The van der Waals surface area contributed by atoms with Crippen molar-refractivity contribution in [2.75, 3.05) is 43.0 Å². The molecule has 1 aliphatic rings. The van der Waals surface area contributed by atoms with Gasteiger partial charge in [-0.3, -0.25) is 4.79 Å². The zero-order valence-electron chi connectivity index (χ0n) is 16.2. The molecule has 0 bridgehead atoms. The van der Waals surface area contributed by atoms with E-state index in [9.17, 15) is 13.6 Å². The predicted octanol–water partition coefficient (Wildman–Crippen LogP) is 2.10. The fraction of sp³-hybridized carbons (Fsp3) is 0.381. The Morgan fingerprint density at radius 1 is 1.14 bits per heavy atom. The van der Waals surface area contributed by atoms with Crippen molar-refractivity contribution in [1.29, 1.82) is 0 Å². The van der Waals surface area contributed by atoms with Crippen molar-refractivity contribution in [2.45, 2.75) is 19.9 Å². The van der Waals surface area contributed by atoms with Gasteiger partial charge < -0.3 is 19.9 Å². The van der Waals surface area contributed by atoms with Crippen molar-refractivity contribution < 1.29 is 23.2 Å². The standard InChI is InChI=1S/C21H25F2N3O2/c1-3-28-19-10-5-4-9-18(19)26-13-11-25(12-14-26)15(2)21(27)24-20-16(22)7-6-8-17(20)23/h4-10,15H,3,11-14H2,1-2H3,(H,24,27)/p+1/t15-/m0/s1. The van der Waals surface area contributed by atoms with Gasteiger partial charge in [-0.2, -0.15) is 0 Å². The molecule has 28 heavy (non-hydrogen) atoms. The third kappa shape index (κ3) is 4.42. The second-order valence-corrected chi connectivity index (χ2v) is 6.85. The Morgan fingerprint density at radius 2 is 1.79 bits per heavy atom. The molecule has 1 atom stereocenters. The van der Waals surface area contributed by atoms with Crippen molar-refractivity contribution in [3.8, 4) is 5.75 Å². The van der Waals surface area contributed by atoms with Gasteiger partial charge in [-0.25, -0.2) is 8.78 Å². The molecule has 0 saturated carbocycles. The van der Waals surface area contributed by atoms with Crippen molar-refractivity contribution in [2.24, 2.45) is 0 Å². The molecule has 0 spiro atoms. The Labute approximate surface area is 163 Å². The molecule has 1 fully saturated rings. The van der Waals surface area contributed by atoms with E-state index in [1.165, 1.54) is 6.07 Å². The van der Waals surface area contributed by atoms with Crippen LogP contribution in [0.2, 0.25) is 0 Å². The number of quaternary nitrogens is 1. The van der Waals surface area contributed by atoms with Gasteiger partial charge in [0.15, 0.2) is 6.04 Å². The molecule has 5 nitrogen and oxygen atoms in total. The van der Waals surface area contributed by atoms with Gasteiger partial charge in [0.2, 0.25) is 0 Å². The maximum atomic E-state index is 13.8. The number of piperazine rings is 1. The Balaban J connectivity index is 1.61. The summed E-state index contributed by atoms with van der Waals surface area (Å²) in [6, 6.07) is 11.0. The van der Waals surface area contributed by atoms with E-state index in [-0.39, 0.29) is 11.6 Å². The first-order valence-electron chi connectivity index (χ1n) is 9.57. The highest BCUT2D eigenvalue weighted by Gasteiger charge is 2.30. The number of hydrogen-bond donors (Lipinski definition) is 2. The normalized spacial score (nSPS) is 15.9. The molecule has 0 aromatic heterocycles. The number of carbonyl (C=O) groups excluding carboxylic acids is 1. The Kier molecular flexibility index (Phi) is 6.46. The average Bonchev–Trinajstić information content (AvgIpc) is 2.71. The minimum absolute atomic E-state index is 0.386. The van der Waals surface area contributed by atoms with E-state index in [0.29, 0.717) is 6.61 Å². The molecule has 3 rings (SSSR count). The summed E-state index contributed by atoms with van der Waals surface area (Å²) in [6.45, 7) is 7.37. The van der Waals surface area contributed by atoms with Crippen molar-refractivity contribution >= 4 is 17.3 Å². The fourth-order valence-corrected chi connectivity index (χ4v) is 3.50. The molecule has 1 saturated heterocycles. The van der Waals surface area contributed by atoms with E-state index in [0.717, 1.165) is 54.6 Å². The van der Waals surface area contributed by atoms with Crippen LogP contribution in [0.25, 0.3) is 0 Å². The summed E-state index contributed by atoms with van der Waals surface area (Å²) in [5.74, 6) is -1.07. The number of amides is 1. The summed E-state index contributed by atoms with van der Waals surface area (Å²) in [4.78, 5) is 15.8. The summed E-state index contributed by atoms with van der Waals surface area (Å²) >= 11 is 0. The van der Waals surface area contributed by atoms with Gasteiger partial charge in [0.1, 0.15) is 23.1 Å². The van der Waals surface area contributed by atoms with Crippen LogP contribution in [-0.4, -0.2) is 44.7 Å². The molecular weight excluding hydrogens is 364 g/mol. The highest BCUT2D eigenvalue weighted by atomic mass is 19.1. The molecule has 1 amide bonds. The number of para-hydroxylation sites is 3. The number of benzene rings is 2. The summed E-state index contributed by atoms with van der Waals surface area (Å²) in [6.07, 6.45) is 0. The van der Waals surface area contributed by atoms with E-state index in [1.807, 2.05) is 31.2 Å². The third-order valence-electron chi connectivity index (χ3n) is 5.13. The SMILES string of the molecule is CCOc1ccccc1N1CC[NH+]([C@@H](C)C(=O)Nc2c(F)cccc2F)CC1. The summed E-state index contributed by atoms with van der Waals surface area (Å²) < 4.78 is 33.3. The third-order valence-corrected chi connectivity index (χ3v) is 5.13. The number of rotatable bonds is 6. The number of ether oxygens (including phenoxy) is 1. The number of anilines is 2. The van der Waals surface area contributed by atoms with Crippen LogP contribution in [0.1, 0.15) is 13.8 Å². The molecule has 0 aliphatic carbocycles. The van der Waals surface area contributed by atoms with Gasteiger partial charge >= 0.3 is 0 Å². The molecule has 2 aromatic carbocycles. The minimum atomic E-state index is -0.770. The lowest BCUT2D eigenvalue weighted by Crippen LogP contribution is -3.19. The lowest BCUT2D eigenvalue weighted by Gasteiger charge is -2.36. The van der Waals surface area contributed by atoms with E-state index in [1.54, 1.807) is 6.92 Å². The van der Waals surface area contributed by atoms with E-state index in [2.05, 4.69) is 10.2 Å². The van der Waals surface area contributed by atoms with Crippen molar-refractivity contribution in [3.05, 3.63) is 54.1 Å². The summed E-state index contributed by atoms with van der Waals surface area (Å²) in [7, 11) is 0. The zero-order chi connectivity index (χ0) is 20.1. The van der Waals surface area contributed by atoms with Crippen LogP contribution in [0.3, 0.4) is 0 Å². The van der Waals surface area contributed by atoms with Gasteiger partial charge in [0, 0.05) is 0 Å². The number of nitrogens with one attached hydrogen (secondary N) is 2. The van der Waals surface area contributed by atoms with Crippen molar-refractivity contribution in [1.82, 2.24) is 0 Å². The van der Waals surface area contributed by atoms with Crippen LogP contribution in [0.15, 0.2) is 42.5 Å². The maximum Gasteiger partial charge on any atom is 0.282 e. The first-order valence-corrected chi connectivity index (χ1v) is 9.57. The topological polar surface area (TPSA) is 46.0 Å². The first kappa shape index (κ1) is 20.1. The van der Waals surface area contributed by atoms with E-state index < -0.39 is 17.7 Å². The highest BCUT2D eigenvalue weighted by molar-refractivity contribution is 5.93. The molecule has 2 N–H and O–H groups in total. The molecule has 2 aromatic rings. The molecule has 0 radical (unpaired) electrons. The van der Waals surface area contributed by atoms with Gasteiger partial charge in [0.05, 0.1) is 38.5 Å². The first-order chi connectivity index (χ1) is 13.5. The van der Waals surface area contributed by atoms with Gasteiger partial charge in [-0.05, 0) is 38.1 Å². The smallest absolute Gasteiger partial charge is 0.282 e. The number of carbonyl (C=O) groups is 1. The quantitative estimate of drug-likeness (QED) is 0.794. The maximum absolute atomic E-state index is 13.8. The fourth-order valence-electron chi connectivity index (χ4n) is 3.50. The molecule has 1 heterocycles. The zero-order valence-corrected chi connectivity index (χ0v) is 16.2. The molecule has 0 unspecified atom stereocenters. The molecule has 150 valence electrons. The van der Waals surface area contributed by atoms with Crippen LogP contribution in [0.4, 0.5) is 20.2 Å². The average molecular weight is 390 g/mol. The van der Waals surface area contributed by atoms with Crippen LogP contribution < -0.4 is 19.9 Å². The van der Waals surface area contributed by atoms with Crippen LogP contribution in [0.5, 0.6) is 5.75 Å². The Hall–Kier alpha value is -2.67. The van der Waals surface area contributed by atoms with Gasteiger partial charge in [0.25, 0.3) is 5.91 Å². The second kappa shape index (κ2) is 9.01. The monoisotopic (exact) mass is 390 g/mol. The Bertz CT molecular complexity index is 803. The van der Waals surface area contributed by atoms with Crippen LogP contribution in [-0.2, 0) is 4.79 Å². The number of hydrogen-bond acceptors (Lipinski definition) is 3. The number of halogens is 2. The largest absolute Gasteiger partial charge is 0.492 e. The molecular formula is C21H26F2N3O2+. The minimum Gasteiger partial charge on any atom is -0.492 e. The highest BCUT2D eigenvalue weighted by Crippen LogP contribution is 2.27. The van der Waals surface area contributed by atoms with E-state index in [4.69, 9.17) is 4.74 Å². The Morgan fingerprint density at radius 3 is 2.43 bits per heavy atom. The second-order valence-electron chi connectivity index (χ2n) is 6.85. The molecule has 1 aliphatic heterocycles. The molecule has 7 heteroatoms. The number of nitrogens with zero attached hydrogens (tertiary/aromatic N) is 1. The van der Waals surface area contributed by atoms with E-state index >= 15 is 0 Å². The summed E-state index contributed by atoms with van der Waals surface area (Å²) in [5.41, 5.74) is 0.664. The summed E-state index contributed by atoms with van der Waals surface area (Å²) in [5, 5.41) is 2.40. The lowest BCUT2D eigenvalue weighted by molar-refractivity contribution is -0.914. The van der Waals surface area contributed by atoms with Crippen LogP contribution in [0, 0.1) is 11.6 Å². The van der Waals surface area contributed by atoms with Crippen molar-refractivity contribution in [3.63, 3.8) is 0 Å². The lowest BCUT2D eigenvalue weighted by atomic mass is 10.1. The van der Waals surface area contributed by atoms with Gasteiger partial charge in [-0.1, -0.05) is 18.2 Å². The predicted molar refractivity (Wildman–Crippen MR) is 105 cm³/mol.